The first kappa shape index (κ1) is 11.2. The summed E-state index contributed by atoms with van der Waals surface area (Å²) >= 11 is 0. The molecule has 0 amide bonds. The summed E-state index contributed by atoms with van der Waals surface area (Å²) in [6.07, 6.45) is 1.89. The van der Waals surface area contributed by atoms with Crippen molar-refractivity contribution in [2.45, 2.75) is 26.7 Å². The van der Waals surface area contributed by atoms with Gasteiger partial charge in [-0.15, -0.1) is 0 Å². The van der Waals surface area contributed by atoms with Gasteiger partial charge in [0.15, 0.2) is 0 Å². The van der Waals surface area contributed by atoms with Crippen molar-refractivity contribution in [3.8, 4) is 0 Å². The van der Waals surface area contributed by atoms with E-state index in [2.05, 4.69) is 24.7 Å². The Hall–Kier alpha value is -0.835. The lowest BCUT2D eigenvalue weighted by atomic mass is 9.78. The van der Waals surface area contributed by atoms with E-state index in [1.54, 1.807) is 0 Å². The largest absolute Gasteiger partial charge is 0.508 e. The van der Waals surface area contributed by atoms with Crippen molar-refractivity contribution >= 4 is 12.6 Å². The Morgan fingerprint density at radius 3 is 2.07 bits per heavy atom. The molecule has 4 heteroatoms. The third kappa shape index (κ3) is 2.58. The normalized spacial score (nSPS) is 10.3. The number of hydrogen-bond donors (Lipinski definition) is 2. The fourth-order valence-corrected chi connectivity index (χ4v) is 1.42. The van der Waals surface area contributed by atoms with E-state index in [1.807, 2.05) is 12.1 Å². The van der Waals surface area contributed by atoms with Crippen molar-refractivity contribution in [2.24, 2.45) is 5.90 Å². The zero-order valence-electron chi connectivity index (χ0n) is 8.66. The number of benzene rings is 1. The number of rotatable bonds is 4. The van der Waals surface area contributed by atoms with Gasteiger partial charge in [0.1, 0.15) is 0 Å². The Bertz CT molecular complexity index is 282. The lowest BCUT2D eigenvalue weighted by Crippen LogP contribution is -2.36. The lowest BCUT2D eigenvalue weighted by Gasteiger charge is -2.08. The highest BCUT2D eigenvalue weighted by Crippen LogP contribution is 2.05. The Labute approximate surface area is 85.0 Å². The zero-order chi connectivity index (χ0) is 10.6. The molecule has 0 spiro atoms. The van der Waals surface area contributed by atoms with Gasteiger partial charge < -0.3 is 9.78 Å². The fraction of sp³-hybridized carbons (Fsp3) is 0.400. The maximum absolute atomic E-state index is 9.42. The second-order valence-corrected chi connectivity index (χ2v) is 3.28. The summed E-state index contributed by atoms with van der Waals surface area (Å²) < 4.78 is 4.39. The third-order valence-corrected chi connectivity index (χ3v) is 2.31. The summed E-state index contributed by atoms with van der Waals surface area (Å²) in [4.78, 5) is 0. The minimum Gasteiger partial charge on any atom is -0.422 e. The highest BCUT2D eigenvalue weighted by atomic mass is 16.6. The lowest BCUT2D eigenvalue weighted by molar-refractivity contribution is 0.281. The number of aryl methyl sites for hydroxylation is 2. The molecule has 0 atom stereocenters. The van der Waals surface area contributed by atoms with Crippen molar-refractivity contribution in [1.29, 1.82) is 0 Å². The van der Waals surface area contributed by atoms with Crippen LogP contribution >= 0.6 is 0 Å². The van der Waals surface area contributed by atoms with Crippen molar-refractivity contribution < 1.29 is 9.78 Å². The van der Waals surface area contributed by atoms with Crippen LogP contribution in [0.15, 0.2) is 18.2 Å². The first-order valence-electron chi connectivity index (χ1n) is 4.87. The molecule has 14 heavy (non-hydrogen) atoms. The molecule has 0 bridgehead atoms. The second-order valence-electron chi connectivity index (χ2n) is 3.28. The summed E-state index contributed by atoms with van der Waals surface area (Å²) in [5.41, 5.74) is 3.11. The molecular weight excluding hydrogens is 177 g/mol. The SMILES string of the molecule is CCc1cc(CC)cc(B(O)ON)c1. The topological polar surface area (TPSA) is 55.5 Å². The molecule has 3 N–H and O–H groups in total. The molecule has 76 valence electrons. The van der Waals surface area contributed by atoms with E-state index in [1.165, 1.54) is 11.1 Å². The fourth-order valence-electron chi connectivity index (χ4n) is 1.42. The molecule has 0 unspecified atom stereocenters. The first-order chi connectivity index (χ1) is 6.71. The molecule has 0 aromatic heterocycles. The first-order valence-corrected chi connectivity index (χ1v) is 4.87. The van der Waals surface area contributed by atoms with Crippen molar-refractivity contribution in [2.75, 3.05) is 0 Å². The summed E-state index contributed by atoms with van der Waals surface area (Å²) in [6.45, 7) is 4.16. The van der Waals surface area contributed by atoms with Gasteiger partial charge in [0.2, 0.25) is 0 Å². The average Bonchev–Trinajstić information content (AvgIpc) is 2.27. The van der Waals surface area contributed by atoms with E-state index in [0.29, 0.717) is 0 Å². The molecule has 0 aliphatic heterocycles. The van der Waals surface area contributed by atoms with Gasteiger partial charge >= 0.3 is 7.12 Å². The summed E-state index contributed by atoms with van der Waals surface area (Å²) in [5, 5.41) is 9.42. The molecule has 1 aromatic carbocycles. The average molecular weight is 193 g/mol. The van der Waals surface area contributed by atoms with Gasteiger partial charge in [-0.05, 0) is 29.4 Å². The van der Waals surface area contributed by atoms with Crippen molar-refractivity contribution in [3.05, 3.63) is 29.3 Å². The Morgan fingerprint density at radius 1 is 1.21 bits per heavy atom. The molecule has 0 saturated carbocycles. The highest BCUT2D eigenvalue weighted by Gasteiger charge is 2.16. The van der Waals surface area contributed by atoms with E-state index in [9.17, 15) is 5.02 Å². The molecular formula is C10H16BNO2. The van der Waals surface area contributed by atoms with Crippen LogP contribution in [0.25, 0.3) is 0 Å². The Morgan fingerprint density at radius 2 is 1.71 bits per heavy atom. The second kappa shape index (κ2) is 5.15. The van der Waals surface area contributed by atoms with Gasteiger partial charge in [-0.1, -0.05) is 32.0 Å². The summed E-state index contributed by atoms with van der Waals surface area (Å²) in [6, 6.07) is 5.96. The number of hydrogen-bond acceptors (Lipinski definition) is 3. The van der Waals surface area contributed by atoms with E-state index in [4.69, 9.17) is 5.90 Å². The maximum Gasteiger partial charge on any atom is 0.508 e. The van der Waals surface area contributed by atoms with Crippen LogP contribution in [0.3, 0.4) is 0 Å². The molecule has 0 aliphatic carbocycles. The van der Waals surface area contributed by atoms with Gasteiger partial charge in [-0.3, -0.25) is 0 Å². The Balaban J connectivity index is 3.04. The quantitative estimate of drug-likeness (QED) is 0.537. The Kier molecular flexibility index (Phi) is 4.13. The molecule has 0 fully saturated rings. The highest BCUT2D eigenvalue weighted by molar-refractivity contribution is 6.59. The monoisotopic (exact) mass is 193 g/mol. The smallest absolute Gasteiger partial charge is 0.422 e. The molecule has 3 nitrogen and oxygen atoms in total. The molecule has 0 radical (unpaired) electrons. The molecule has 1 aromatic rings. The summed E-state index contributed by atoms with van der Waals surface area (Å²) in [7, 11) is -1.02. The van der Waals surface area contributed by atoms with Gasteiger partial charge in [0, 0.05) is 0 Å². The van der Waals surface area contributed by atoms with Crippen LogP contribution in [0.1, 0.15) is 25.0 Å². The van der Waals surface area contributed by atoms with Crippen LogP contribution in [0.5, 0.6) is 0 Å². The van der Waals surface area contributed by atoms with Crippen LogP contribution < -0.4 is 11.4 Å². The van der Waals surface area contributed by atoms with Gasteiger partial charge in [0.25, 0.3) is 0 Å². The van der Waals surface area contributed by atoms with Gasteiger partial charge in [-0.25, -0.2) is 5.90 Å². The van der Waals surface area contributed by atoms with E-state index in [-0.39, 0.29) is 0 Å². The molecule has 1 rings (SSSR count). The zero-order valence-corrected chi connectivity index (χ0v) is 8.66. The molecule has 0 aliphatic rings. The standard InChI is InChI=1S/C10H16BNO2/c1-3-8-5-9(4-2)7-10(6-8)11(13)14-12/h5-7,13H,3-4,12H2,1-2H3. The van der Waals surface area contributed by atoms with E-state index < -0.39 is 7.12 Å². The van der Waals surface area contributed by atoms with Crippen LogP contribution in [0.4, 0.5) is 0 Å². The predicted molar refractivity (Wildman–Crippen MR) is 58.1 cm³/mol. The molecule has 0 saturated heterocycles. The van der Waals surface area contributed by atoms with E-state index in [0.717, 1.165) is 18.3 Å². The number of nitrogens with two attached hydrogens (primary N) is 1. The summed E-state index contributed by atoms with van der Waals surface area (Å²) in [5.74, 6) is 4.94. The van der Waals surface area contributed by atoms with Crippen molar-refractivity contribution in [3.63, 3.8) is 0 Å². The molecule has 0 heterocycles. The van der Waals surface area contributed by atoms with Crippen LogP contribution in [0, 0.1) is 0 Å². The van der Waals surface area contributed by atoms with Crippen LogP contribution in [-0.4, -0.2) is 12.1 Å². The third-order valence-electron chi connectivity index (χ3n) is 2.31. The van der Waals surface area contributed by atoms with Crippen molar-refractivity contribution in [1.82, 2.24) is 0 Å². The van der Waals surface area contributed by atoms with Crippen LogP contribution in [0.2, 0.25) is 0 Å². The maximum atomic E-state index is 9.42. The predicted octanol–water partition coefficient (Wildman–Crippen LogP) is 0.389. The van der Waals surface area contributed by atoms with Gasteiger partial charge in [-0.2, -0.15) is 0 Å². The van der Waals surface area contributed by atoms with Crippen LogP contribution in [-0.2, 0) is 17.6 Å². The minimum absolute atomic E-state index is 0.726. The van der Waals surface area contributed by atoms with E-state index >= 15 is 0 Å². The van der Waals surface area contributed by atoms with Gasteiger partial charge in [0.05, 0.1) is 0 Å². The minimum atomic E-state index is -1.02.